The van der Waals surface area contributed by atoms with Crippen molar-refractivity contribution in [1.29, 1.82) is 0 Å². The summed E-state index contributed by atoms with van der Waals surface area (Å²) in [6.45, 7) is 0. The van der Waals surface area contributed by atoms with Crippen molar-refractivity contribution in [2.24, 2.45) is 0 Å². The van der Waals surface area contributed by atoms with Gasteiger partial charge in [0.25, 0.3) is 0 Å². The normalized spacial score (nSPS) is 11.4. The van der Waals surface area contributed by atoms with Crippen LogP contribution in [0.15, 0.2) is 83.9 Å². The Morgan fingerprint density at radius 1 is 0.871 bits per heavy atom. The first-order valence-electron chi connectivity index (χ1n) is 9.45. The quantitative estimate of drug-likeness (QED) is 0.326. The van der Waals surface area contributed by atoms with Crippen LogP contribution in [-0.4, -0.2) is 36.4 Å². The molecule has 4 aromatic rings. The van der Waals surface area contributed by atoms with E-state index in [1.807, 2.05) is 54.6 Å². The fourth-order valence-corrected chi connectivity index (χ4v) is 4.58. The smallest absolute Gasteiger partial charge is 0.229 e. The molecule has 0 unspecified atom stereocenters. The van der Waals surface area contributed by atoms with E-state index in [9.17, 15) is 13.2 Å². The number of fused-ring (bicyclic) bond motifs is 1. The summed E-state index contributed by atoms with van der Waals surface area (Å²) in [4.78, 5) is 12.6. The fourth-order valence-electron chi connectivity index (χ4n) is 3.15. The largest absolute Gasteiger partial charge is 0.293 e. The molecule has 1 heterocycles. The fraction of sp³-hybridized carbons (Fsp3) is 0.0870. The molecule has 0 bridgehead atoms. The lowest BCUT2D eigenvalue weighted by atomic mass is 10.1. The standard InChI is InChI=1S/C23H19N3O3S2/c1-31(28,29)26-18-13-11-16(12-14-18)21(27)15-30-23-20-10-6-5-9-19(20)22(24-25-23)17-7-3-2-4-8-17/h2-14,26H,15H2,1H3. The minimum Gasteiger partial charge on any atom is -0.293 e. The minimum atomic E-state index is -3.36. The Morgan fingerprint density at radius 2 is 1.52 bits per heavy atom. The third-order valence-corrected chi connectivity index (χ3v) is 6.14. The second kappa shape index (κ2) is 8.87. The van der Waals surface area contributed by atoms with Gasteiger partial charge in [-0.25, -0.2) is 8.42 Å². The molecule has 0 fully saturated rings. The molecule has 4 rings (SSSR count). The summed E-state index contributed by atoms with van der Waals surface area (Å²) in [5.74, 6) is 0.122. The Balaban J connectivity index is 1.54. The molecule has 0 saturated heterocycles. The van der Waals surface area contributed by atoms with E-state index in [0.717, 1.165) is 28.3 Å². The Labute approximate surface area is 184 Å². The molecule has 6 nitrogen and oxygen atoms in total. The van der Waals surface area contributed by atoms with Gasteiger partial charge in [-0.3, -0.25) is 9.52 Å². The van der Waals surface area contributed by atoms with Crippen LogP contribution in [-0.2, 0) is 10.0 Å². The number of carbonyl (C=O) groups excluding carboxylic acids is 1. The van der Waals surface area contributed by atoms with Crippen LogP contribution >= 0.6 is 11.8 Å². The van der Waals surface area contributed by atoms with Crippen LogP contribution in [0.2, 0.25) is 0 Å². The lowest BCUT2D eigenvalue weighted by Gasteiger charge is -2.09. The number of nitrogens with one attached hydrogen (secondary N) is 1. The first-order valence-corrected chi connectivity index (χ1v) is 12.3. The third kappa shape index (κ3) is 5.10. The molecule has 0 aliphatic heterocycles. The van der Waals surface area contributed by atoms with Gasteiger partial charge in [0.05, 0.1) is 12.0 Å². The lowest BCUT2D eigenvalue weighted by molar-refractivity contribution is 0.102. The molecule has 0 aliphatic rings. The van der Waals surface area contributed by atoms with Crippen molar-refractivity contribution in [3.8, 4) is 11.3 Å². The predicted molar refractivity (Wildman–Crippen MR) is 125 cm³/mol. The highest BCUT2D eigenvalue weighted by Gasteiger charge is 2.14. The maximum absolute atomic E-state index is 12.6. The van der Waals surface area contributed by atoms with Gasteiger partial charge in [-0.1, -0.05) is 66.4 Å². The third-order valence-electron chi connectivity index (χ3n) is 4.55. The van der Waals surface area contributed by atoms with Crippen molar-refractivity contribution in [1.82, 2.24) is 10.2 Å². The van der Waals surface area contributed by atoms with E-state index in [2.05, 4.69) is 14.9 Å². The van der Waals surface area contributed by atoms with Crippen LogP contribution in [0.3, 0.4) is 0 Å². The molecular formula is C23H19N3O3S2. The molecule has 0 saturated carbocycles. The number of hydrogen-bond acceptors (Lipinski definition) is 6. The van der Waals surface area contributed by atoms with Crippen molar-refractivity contribution in [3.63, 3.8) is 0 Å². The zero-order chi connectivity index (χ0) is 21.8. The number of ketones is 1. The lowest BCUT2D eigenvalue weighted by Crippen LogP contribution is -2.10. The van der Waals surface area contributed by atoms with Crippen LogP contribution in [0.4, 0.5) is 5.69 Å². The molecule has 3 aromatic carbocycles. The Hall–Kier alpha value is -3.23. The maximum atomic E-state index is 12.6. The van der Waals surface area contributed by atoms with Gasteiger partial charge in [-0.15, -0.1) is 10.2 Å². The number of rotatable bonds is 7. The van der Waals surface area contributed by atoms with Gasteiger partial charge in [0.2, 0.25) is 10.0 Å². The first-order chi connectivity index (χ1) is 14.9. The van der Waals surface area contributed by atoms with Gasteiger partial charge in [0.1, 0.15) is 10.7 Å². The van der Waals surface area contributed by atoms with E-state index in [1.54, 1.807) is 24.3 Å². The number of thioether (sulfide) groups is 1. The van der Waals surface area contributed by atoms with Gasteiger partial charge in [0, 0.05) is 27.6 Å². The van der Waals surface area contributed by atoms with Crippen LogP contribution in [0, 0.1) is 0 Å². The molecule has 0 amide bonds. The summed E-state index contributed by atoms with van der Waals surface area (Å²) in [5.41, 5.74) is 2.72. The average Bonchev–Trinajstić information content (AvgIpc) is 2.77. The van der Waals surface area contributed by atoms with Gasteiger partial charge in [0.15, 0.2) is 5.78 Å². The number of carbonyl (C=O) groups is 1. The molecule has 0 aliphatic carbocycles. The van der Waals surface area contributed by atoms with Crippen molar-refractivity contribution in [2.75, 3.05) is 16.7 Å². The van der Waals surface area contributed by atoms with E-state index in [0.29, 0.717) is 16.3 Å². The SMILES string of the molecule is CS(=O)(=O)Nc1ccc(C(=O)CSc2nnc(-c3ccccc3)c3ccccc23)cc1. The molecule has 0 spiro atoms. The van der Waals surface area contributed by atoms with Gasteiger partial charge in [-0.05, 0) is 24.3 Å². The minimum absolute atomic E-state index is 0.0751. The molecule has 156 valence electrons. The van der Waals surface area contributed by atoms with Gasteiger partial charge in [-0.2, -0.15) is 0 Å². The predicted octanol–water partition coefficient (Wildman–Crippen LogP) is 4.64. The topological polar surface area (TPSA) is 89.0 Å². The molecule has 1 N–H and O–H groups in total. The molecule has 1 aromatic heterocycles. The molecular weight excluding hydrogens is 430 g/mol. The highest BCUT2D eigenvalue weighted by Crippen LogP contribution is 2.31. The number of benzene rings is 3. The number of hydrogen-bond donors (Lipinski definition) is 1. The van der Waals surface area contributed by atoms with Crippen LogP contribution in [0.1, 0.15) is 10.4 Å². The zero-order valence-electron chi connectivity index (χ0n) is 16.6. The monoisotopic (exact) mass is 449 g/mol. The van der Waals surface area contributed by atoms with E-state index >= 15 is 0 Å². The van der Waals surface area contributed by atoms with E-state index in [-0.39, 0.29) is 11.5 Å². The second-order valence-electron chi connectivity index (χ2n) is 6.93. The van der Waals surface area contributed by atoms with E-state index in [4.69, 9.17) is 0 Å². The van der Waals surface area contributed by atoms with Crippen molar-refractivity contribution < 1.29 is 13.2 Å². The van der Waals surface area contributed by atoms with Gasteiger partial charge >= 0.3 is 0 Å². The van der Waals surface area contributed by atoms with Crippen LogP contribution in [0.5, 0.6) is 0 Å². The van der Waals surface area contributed by atoms with Crippen LogP contribution < -0.4 is 4.72 Å². The summed E-state index contributed by atoms with van der Waals surface area (Å²) < 4.78 is 25.0. The highest BCUT2D eigenvalue weighted by molar-refractivity contribution is 8.00. The second-order valence-corrected chi connectivity index (χ2v) is 9.64. The van der Waals surface area contributed by atoms with Crippen molar-refractivity contribution >= 4 is 44.0 Å². The molecule has 0 radical (unpaired) electrons. The number of anilines is 1. The van der Waals surface area contributed by atoms with Gasteiger partial charge < -0.3 is 0 Å². The van der Waals surface area contributed by atoms with Crippen molar-refractivity contribution in [3.05, 3.63) is 84.4 Å². The maximum Gasteiger partial charge on any atom is 0.229 e. The number of Topliss-reactive ketones (excluding diaryl/α,β-unsaturated/α-hetero) is 1. The summed E-state index contributed by atoms with van der Waals surface area (Å²) in [6, 6.07) is 24.1. The average molecular weight is 450 g/mol. The van der Waals surface area contributed by atoms with Crippen molar-refractivity contribution in [2.45, 2.75) is 5.03 Å². The Morgan fingerprint density at radius 3 is 2.19 bits per heavy atom. The summed E-state index contributed by atoms with van der Waals surface area (Å²) in [7, 11) is -3.36. The molecule has 31 heavy (non-hydrogen) atoms. The van der Waals surface area contributed by atoms with E-state index < -0.39 is 10.0 Å². The molecule has 0 atom stereocenters. The number of nitrogens with zero attached hydrogens (tertiary/aromatic N) is 2. The first kappa shape index (κ1) is 21.0. The summed E-state index contributed by atoms with van der Waals surface area (Å²) in [6.07, 6.45) is 1.08. The van der Waals surface area contributed by atoms with E-state index in [1.165, 1.54) is 11.8 Å². The number of sulfonamides is 1. The summed E-state index contributed by atoms with van der Waals surface area (Å²) >= 11 is 1.34. The number of aromatic nitrogens is 2. The molecule has 8 heteroatoms. The Bertz CT molecular complexity index is 1340. The van der Waals surface area contributed by atoms with Crippen LogP contribution in [0.25, 0.3) is 22.0 Å². The zero-order valence-corrected chi connectivity index (χ0v) is 18.3. The summed E-state index contributed by atoms with van der Waals surface area (Å²) in [5, 5.41) is 11.4. The Kier molecular flexibility index (Phi) is 6.01. The highest BCUT2D eigenvalue weighted by atomic mass is 32.2.